The first-order valence-electron chi connectivity index (χ1n) is 6.01. The van der Waals surface area contributed by atoms with E-state index in [9.17, 15) is 28.0 Å². The maximum atomic E-state index is 13.5. The van der Waals surface area contributed by atoms with E-state index in [2.05, 4.69) is 0 Å². The Morgan fingerprint density at radius 1 is 1.23 bits per heavy atom. The van der Waals surface area contributed by atoms with Crippen molar-refractivity contribution < 1.29 is 33.0 Å². The summed E-state index contributed by atoms with van der Waals surface area (Å²) in [6.07, 6.45) is 3.83. The van der Waals surface area contributed by atoms with E-state index in [0.717, 1.165) is 0 Å². The van der Waals surface area contributed by atoms with Gasteiger partial charge in [-0.05, 0) is 6.08 Å². The number of benzene rings is 1. The highest BCUT2D eigenvalue weighted by Crippen LogP contribution is 2.14. The molecule has 2 amide bonds. The lowest BCUT2D eigenvalue weighted by molar-refractivity contribution is -1.07. The third-order valence-electron chi connectivity index (χ3n) is 2.93. The Morgan fingerprint density at radius 3 is 2.36 bits per heavy atom. The van der Waals surface area contributed by atoms with Gasteiger partial charge in [0.25, 0.3) is 11.8 Å². The van der Waals surface area contributed by atoms with Crippen molar-refractivity contribution in [3.8, 4) is 0 Å². The minimum absolute atomic E-state index is 0.237. The minimum Gasteiger partial charge on any atom is -0.364 e. The van der Waals surface area contributed by atoms with Crippen molar-refractivity contribution >= 4 is 11.8 Å². The number of hydroxylamine groups is 2. The topological polar surface area (TPSA) is 96.9 Å². The standard InChI is InChI=1S/C13H10F3N3O3/c14-6-4-7(15)11(8(16)5-6)13(21)18-10-3-1-2-9(12(17)20)19(10)22/h1-5,9,22H,(H2,17,20)(H,18,21)/p+1. The molecule has 0 saturated carbocycles. The molecule has 1 aromatic rings. The monoisotopic (exact) mass is 314 g/mol. The molecule has 6 nitrogen and oxygen atoms in total. The van der Waals surface area contributed by atoms with E-state index in [4.69, 9.17) is 5.73 Å². The van der Waals surface area contributed by atoms with Gasteiger partial charge in [-0.2, -0.15) is 0 Å². The lowest BCUT2D eigenvalue weighted by Crippen LogP contribution is -3.14. The Bertz CT molecular complexity index is 680. The van der Waals surface area contributed by atoms with Crippen molar-refractivity contribution in [3.05, 3.63) is 59.2 Å². The zero-order valence-electron chi connectivity index (χ0n) is 10.9. The van der Waals surface area contributed by atoms with Gasteiger partial charge in [0.1, 0.15) is 23.0 Å². The van der Waals surface area contributed by atoms with E-state index >= 15 is 0 Å². The second kappa shape index (κ2) is 6.00. The van der Waals surface area contributed by atoms with Crippen LogP contribution in [0, 0.1) is 17.5 Å². The molecular formula is C13H11F3N3O3+. The number of carbonyl (C=O) groups excluding carboxylic acids is 2. The van der Waals surface area contributed by atoms with Crippen LogP contribution in [0.2, 0.25) is 0 Å². The lowest BCUT2D eigenvalue weighted by atomic mass is 10.1. The number of hydrogen-bond donors (Lipinski definition) is 4. The Morgan fingerprint density at radius 2 is 1.82 bits per heavy atom. The molecule has 2 rings (SSSR count). The van der Waals surface area contributed by atoms with E-state index in [1.165, 1.54) is 18.2 Å². The number of quaternary nitrogens is 1. The van der Waals surface area contributed by atoms with Crippen LogP contribution in [0.15, 0.2) is 36.2 Å². The molecule has 0 bridgehead atoms. The highest BCUT2D eigenvalue weighted by molar-refractivity contribution is 5.95. The maximum Gasteiger partial charge on any atom is 0.283 e. The Kier molecular flexibility index (Phi) is 4.29. The summed E-state index contributed by atoms with van der Waals surface area (Å²) in [5.41, 5.74) is 4.04. The Labute approximate surface area is 122 Å². The highest BCUT2D eigenvalue weighted by Gasteiger charge is 2.32. The van der Waals surface area contributed by atoms with Gasteiger partial charge >= 0.3 is 0 Å². The predicted molar refractivity (Wildman–Crippen MR) is 66.7 cm³/mol. The summed E-state index contributed by atoms with van der Waals surface area (Å²) in [6.45, 7) is 0. The summed E-state index contributed by atoms with van der Waals surface area (Å²) in [5, 5.41) is 11.3. The van der Waals surface area contributed by atoms with E-state index in [-0.39, 0.29) is 5.82 Å². The van der Waals surface area contributed by atoms with Crippen LogP contribution in [0.25, 0.3) is 0 Å². The van der Waals surface area contributed by atoms with Gasteiger partial charge in [0.15, 0.2) is 0 Å². The number of allylic oxidation sites excluding steroid dienone is 2. The van der Waals surface area contributed by atoms with Gasteiger partial charge in [-0.15, -0.1) is 5.06 Å². The van der Waals surface area contributed by atoms with Gasteiger partial charge in [-0.3, -0.25) is 14.9 Å². The normalized spacial score (nSPS) is 20.5. The van der Waals surface area contributed by atoms with Gasteiger partial charge in [0.2, 0.25) is 11.9 Å². The second-order valence-electron chi connectivity index (χ2n) is 4.43. The first kappa shape index (κ1) is 15.7. The number of nitrogens with one attached hydrogen (secondary N) is 2. The number of halogens is 3. The molecule has 0 radical (unpaired) electrons. The molecule has 22 heavy (non-hydrogen) atoms. The molecule has 0 spiro atoms. The summed E-state index contributed by atoms with van der Waals surface area (Å²) in [6, 6.07) is -0.463. The number of nitrogens with two attached hydrogens (primary N) is 1. The minimum atomic E-state index is -1.40. The smallest absolute Gasteiger partial charge is 0.283 e. The van der Waals surface area contributed by atoms with Gasteiger partial charge in [0.05, 0.1) is 0 Å². The number of amides is 2. The van der Waals surface area contributed by atoms with E-state index in [1.54, 1.807) is 0 Å². The molecule has 5 N–H and O–H groups in total. The SMILES string of the molecule is NC(=O)C1C=CC=C(NC(=O)c2c(F)cc(F)cc2F)[NH+]1O. The molecule has 1 aliphatic rings. The van der Waals surface area contributed by atoms with Crippen LogP contribution in [0.5, 0.6) is 0 Å². The van der Waals surface area contributed by atoms with Gasteiger partial charge < -0.3 is 5.73 Å². The molecule has 2 atom stereocenters. The summed E-state index contributed by atoms with van der Waals surface area (Å²) >= 11 is 0. The van der Waals surface area contributed by atoms with Crippen LogP contribution in [-0.2, 0) is 4.79 Å². The first-order chi connectivity index (χ1) is 10.3. The summed E-state index contributed by atoms with van der Waals surface area (Å²) in [7, 11) is 0. The third kappa shape index (κ3) is 3.00. The third-order valence-corrected chi connectivity index (χ3v) is 2.93. The van der Waals surface area contributed by atoms with Gasteiger partial charge in [-0.25, -0.2) is 18.4 Å². The van der Waals surface area contributed by atoms with Crippen LogP contribution < -0.4 is 16.1 Å². The zero-order chi connectivity index (χ0) is 16.4. The van der Waals surface area contributed by atoms with Crippen molar-refractivity contribution in [3.63, 3.8) is 0 Å². The van der Waals surface area contributed by atoms with Crippen molar-refractivity contribution in [1.29, 1.82) is 0 Å². The zero-order valence-corrected chi connectivity index (χ0v) is 10.9. The van der Waals surface area contributed by atoms with Crippen molar-refractivity contribution in [2.75, 3.05) is 0 Å². The van der Waals surface area contributed by atoms with Crippen LogP contribution in [0.1, 0.15) is 10.4 Å². The summed E-state index contributed by atoms with van der Waals surface area (Å²) in [4.78, 5) is 23.0. The Balaban J connectivity index is 2.25. The summed E-state index contributed by atoms with van der Waals surface area (Å²) in [5.74, 6) is -6.31. The second-order valence-corrected chi connectivity index (χ2v) is 4.43. The maximum absolute atomic E-state index is 13.5. The molecule has 9 heteroatoms. The van der Waals surface area contributed by atoms with Gasteiger partial charge in [-0.1, -0.05) is 6.08 Å². The number of rotatable bonds is 3. The molecule has 0 aromatic heterocycles. The van der Waals surface area contributed by atoms with E-state index in [0.29, 0.717) is 12.1 Å². The van der Waals surface area contributed by atoms with E-state index < -0.39 is 45.9 Å². The molecule has 0 fully saturated rings. The van der Waals surface area contributed by atoms with Crippen molar-refractivity contribution in [2.24, 2.45) is 5.73 Å². The molecule has 0 aliphatic carbocycles. The number of primary amides is 1. The molecule has 1 heterocycles. The van der Waals surface area contributed by atoms with Crippen LogP contribution in [0.3, 0.4) is 0 Å². The largest absolute Gasteiger partial charge is 0.364 e. The van der Waals surface area contributed by atoms with Crippen LogP contribution in [-0.4, -0.2) is 23.1 Å². The van der Waals surface area contributed by atoms with Crippen LogP contribution >= 0.6 is 0 Å². The van der Waals surface area contributed by atoms with E-state index in [1.807, 2.05) is 5.32 Å². The highest BCUT2D eigenvalue weighted by atomic mass is 19.1. The molecule has 2 unspecified atom stereocenters. The fourth-order valence-electron chi connectivity index (χ4n) is 1.89. The fraction of sp³-hybridized carbons (Fsp3) is 0.0769. The molecule has 1 aliphatic heterocycles. The predicted octanol–water partition coefficient (Wildman–Crippen LogP) is -0.627. The number of hydrogen-bond acceptors (Lipinski definition) is 3. The van der Waals surface area contributed by atoms with Crippen molar-refractivity contribution in [2.45, 2.75) is 6.04 Å². The van der Waals surface area contributed by atoms with Crippen LogP contribution in [0.4, 0.5) is 13.2 Å². The first-order valence-corrected chi connectivity index (χ1v) is 6.01. The average molecular weight is 314 g/mol. The fourth-order valence-corrected chi connectivity index (χ4v) is 1.89. The summed E-state index contributed by atoms with van der Waals surface area (Å²) < 4.78 is 39.8. The number of carbonyl (C=O) groups is 2. The van der Waals surface area contributed by atoms with Gasteiger partial charge in [0, 0.05) is 18.2 Å². The molecular weight excluding hydrogens is 303 g/mol. The van der Waals surface area contributed by atoms with Crippen molar-refractivity contribution in [1.82, 2.24) is 5.32 Å². The molecule has 0 saturated heterocycles. The molecule has 1 aromatic carbocycles. The average Bonchev–Trinajstić information content (AvgIpc) is 2.39. The quantitative estimate of drug-likeness (QED) is 0.598. The lowest BCUT2D eigenvalue weighted by Gasteiger charge is -2.21. The Hall–Kier alpha value is -2.65. The molecule has 116 valence electrons.